The number of aliphatic imine (C=N–C) groups is 1. The summed E-state index contributed by atoms with van der Waals surface area (Å²) in [6.45, 7) is 0. The van der Waals surface area contributed by atoms with Gasteiger partial charge in [0.1, 0.15) is 10.7 Å². The van der Waals surface area contributed by atoms with Crippen LogP contribution in [0.25, 0.3) is 16.2 Å². The molecule has 124 valence electrons. The van der Waals surface area contributed by atoms with Crippen LogP contribution in [0, 0.1) is 5.82 Å². The molecule has 0 amide bonds. The van der Waals surface area contributed by atoms with Gasteiger partial charge in [0.2, 0.25) is 5.90 Å². The van der Waals surface area contributed by atoms with E-state index in [1.54, 1.807) is 18.2 Å². The smallest absolute Gasteiger partial charge is 0.363 e. The first-order valence-electron chi connectivity index (χ1n) is 7.17. The number of esters is 1. The molecule has 0 radical (unpaired) electrons. The molecule has 0 N–H and O–H groups in total. The second-order valence-corrected chi connectivity index (χ2v) is 7.62. The lowest BCUT2D eigenvalue weighted by Crippen LogP contribution is -2.04. The van der Waals surface area contributed by atoms with Crippen LogP contribution in [0.1, 0.15) is 10.4 Å². The summed E-state index contributed by atoms with van der Waals surface area (Å²) in [6.07, 6.45) is 1.55. The Morgan fingerprint density at radius 2 is 1.96 bits per heavy atom. The van der Waals surface area contributed by atoms with Crippen LogP contribution in [-0.4, -0.2) is 11.9 Å². The Kier molecular flexibility index (Phi) is 4.19. The molecule has 0 unspecified atom stereocenters. The average molecular weight is 437 g/mol. The van der Waals surface area contributed by atoms with E-state index < -0.39 is 5.97 Å². The number of thiophene rings is 1. The highest BCUT2D eigenvalue weighted by Crippen LogP contribution is 2.38. The molecule has 2 heterocycles. The molecular formula is C18H8BrClFNO2S. The summed E-state index contributed by atoms with van der Waals surface area (Å²) in [6, 6.07) is 11.5. The van der Waals surface area contributed by atoms with Crippen molar-refractivity contribution in [1.29, 1.82) is 0 Å². The van der Waals surface area contributed by atoms with Gasteiger partial charge in [0.05, 0.1) is 5.02 Å². The van der Waals surface area contributed by atoms with Crippen LogP contribution < -0.4 is 0 Å². The third-order valence-electron chi connectivity index (χ3n) is 3.58. The minimum atomic E-state index is -0.561. The molecule has 0 atom stereocenters. The van der Waals surface area contributed by atoms with Gasteiger partial charge in [-0.2, -0.15) is 0 Å². The van der Waals surface area contributed by atoms with Crippen molar-refractivity contribution in [2.24, 2.45) is 4.99 Å². The molecule has 7 heteroatoms. The SMILES string of the molecule is O=C1OC(c2sc3cc(Br)ccc3c2Cl)=N/C1=C/c1ccc(F)cc1. The molecule has 0 fully saturated rings. The minimum absolute atomic E-state index is 0.149. The van der Waals surface area contributed by atoms with Gasteiger partial charge in [-0.3, -0.25) is 0 Å². The number of rotatable bonds is 2. The Morgan fingerprint density at radius 3 is 2.72 bits per heavy atom. The number of carbonyl (C=O) groups excluding carboxylic acids is 1. The largest absolute Gasteiger partial charge is 0.401 e. The first-order chi connectivity index (χ1) is 12.0. The Bertz CT molecular complexity index is 1070. The van der Waals surface area contributed by atoms with Gasteiger partial charge >= 0.3 is 5.97 Å². The maximum absolute atomic E-state index is 13.0. The standard InChI is InChI=1S/C18H8BrClFNO2S/c19-10-3-6-12-14(8-10)25-16(15(12)20)17-22-13(18(23)24-17)7-9-1-4-11(21)5-2-9/h1-8H/b13-7+. The summed E-state index contributed by atoms with van der Waals surface area (Å²) in [5, 5.41) is 1.38. The summed E-state index contributed by atoms with van der Waals surface area (Å²) in [5.74, 6) is -0.724. The van der Waals surface area contributed by atoms with Gasteiger partial charge < -0.3 is 4.74 Å². The first-order valence-corrected chi connectivity index (χ1v) is 9.16. The van der Waals surface area contributed by atoms with Crippen LogP contribution in [0.3, 0.4) is 0 Å². The van der Waals surface area contributed by atoms with Crippen molar-refractivity contribution >= 4 is 66.9 Å². The summed E-state index contributed by atoms with van der Waals surface area (Å²) in [7, 11) is 0. The quantitative estimate of drug-likeness (QED) is 0.376. The number of fused-ring (bicyclic) bond motifs is 1. The van der Waals surface area contributed by atoms with Gasteiger partial charge in [-0.05, 0) is 35.9 Å². The van der Waals surface area contributed by atoms with E-state index in [-0.39, 0.29) is 17.4 Å². The molecule has 1 aliphatic rings. The Hall–Kier alpha value is -2.02. The van der Waals surface area contributed by atoms with Gasteiger partial charge in [0.15, 0.2) is 5.70 Å². The van der Waals surface area contributed by atoms with Crippen molar-refractivity contribution in [3.8, 4) is 0 Å². The summed E-state index contributed by atoms with van der Waals surface area (Å²) in [4.78, 5) is 16.9. The second kappa shape index (κ2) is 6.37. The number of cyclic esters (lactones) is 1. The van der Waals surface area contributed by atoms with Crippen molar-refractivity contribution in [3.63, 3.8) is 0 Å². The van der Waals surface area contributed by atoms with E-state index in [1.807, 2.05) is 18.2 Å². The third kappa shape index (κ3) is 3.13. The van der Waals surface area contributed by atoms with Crippen molar-refractivity contribution in [1.82, 2.24) is 0 Å². The fourth-order valence-corrected chi connectivity index (χ4v) is 4.39. The first kappa shape index (κ1) is 16.4. The number of hydrogen-bond donors (Lipinski definition) is 0. The molecule has 4 rings (SSSR count). The van der Waals surface area contributed by atoms with Crippen LogP contribution in [0.15, 0.2) is 57.6 Å². The minimum Gasteiger partial charge on any atom is -0.401 e. The van der Waals surface area contributed by atoms with E-state index in [9.17, 15) is 9.18 Å². The number of benzene rings is 2. The zero-order chi connectivity index (χ0) is 17.6. The zero-order valence-corrected chi connectivity index (χ0v) is 15.6. The number of carbonyl (C=O) groups is 1. The molecule has 2 aromatic carbocycles. The molecule has 0 bridgehead atoms. The molecule has 1 aromatic heterocycles. The maximum Gasteiger partial charge on any atom is 0.363 e. The Balaban J connectivity index is 1.75. The lowest BCUT2D eigenvalue weighted by atomic mass is 10.2. The molecule has 1 aliphatic heterocycles. The summed E-state index contributed by atoms with van der Waals surface area (Å²) < 4.78 is 20.2. The highest BCUT2D eigenvalue weighted by Gasteiger charge is 2.28. The molecular weight excluding hydrogens is 429 g/mol. The van der Waals surface area contributed by atoms with Gasteiger partial charge in [0.25, 0.3) is 0 Å². The average Bonchev–Trinajstić information content (AvgIpc) is 3.10. The lowest BCUT2D eigenvalue weighted by Gasteiger charge is -1.95. The van der Waals surface area contributed by atoms with Crippen LogP contribution >= 0.6 is 38.9 Å². The zero-order valence-electron chi connectivity index (χ0n) is 12.4. The van der Waals surface area contributed by atoms with Crippen LogP contribution in [0.4, 0.5) is 4.39 Å². The molecule has 0 saturated carbocycles. The van der Waals surface area contributed by atoms with E-state index in [4.69, 9.17) is 16.3 Å². The van der Waals surface area contributed by atoms with Crippen molar-refractivity contribution in [3.05, 3.63) is 73.9 Å². The number of halogens is 3. The second-order valence-electron chi connectivity index (χ2n) is 5.27. The highest BCUT2D eigenvalue weighted by atomic mass is 79.9. The molecule has 0 spiro atoms. The van der Waals surface area contributed by atoms with Crippen molar-refractivity contribution < 1.29 is 13.9 Å². The maximum atomic E-state index is 13.0. The monoisotopic (exact) mass is 435 g/mol. The van der Waals surface area contributed by atoms with E-state index in [0.29, 0.717) is 15.5 Å². The number of hydrogen-bond acceptors (Lipinski definition) is 4. The molecule has 3 nitrogen and oxygen atoms in total. The predicted molar refractivity (Wildman–Crippen MR) is 102 cm³/mol. The lowest BCUT2D eigenvalue weighted by molar-refractivity contribution is -0.129. The predicted octanol–water partition coefficient (Wildman–Crippen LogP) is 5.80. The number of ether oxygens (including phenoxy) is 1. The molecule has 0 saturated heterocycles. The van der Waals surface area contributed by atoms with Crippen LogP contribution in [0.5, 0.6) is 0 Å². The molecule has 0 aliphatic carbocycles. The Morgan fingerprint density at radius 1 is 1.20 bits per heavy atom. The van der Waals surface area contributed by atoms with E-state index >= 15 is 0 Å². The van der Waals surface area contributed by atoms with Gasteiger partial charge in [0, 0.05) is 14.6 Å². The summed E-state index contributed by atoms with van der Waals surface area (Å²) >= 11 is 11.2. The van der Waals surface area contributed by atoms with Crippen molar-refractivity contribution in [2.45, 2.75) is 0 Å². The third-order valence-corrected chi connectivity index (χ3v) is 5.72. The van der Waals surface area contributed by atoms with Gasteiger partial charge in [-0.25, -0.2) is 14.2 Å². The van der Waals surface area contributed by atoms with Crippen molar-refractivity contribution in [2.75, 3.05) is 0 Å². The van der Waals surface area contributed by atoms with Gasteiger partial charge in [-0.1, -0.05) is 45.7 Å². The summed E-state index contributed by atoms with van der Waals surface area (Å²) in [5.41, 5.74) is 0.807. The van der Waals surface area contributed by atoms with Crippen LogP contribution in [-0.2, 0) is 9.53 Å². The normalized spacial score (nSPS) is 15.7. The van der Waals surface area contributed by atoms with Gasteiger partial charge in [-0.15, -0.1) is 11.3 Å². The fraction of sp³-hybridized carbons (Fsp3) is 0. The number of nitrogens with zero attached hydrogens (tertiary/aromatic N) is 1. The van der Waals surface area contributed by atoms with Crippen LogP contribution in [0.2, 0.25) is 5.02 Å². The van der Waals surface area contributed by atoms with E-state index in [0.717, 1.165) is 14.6 Å². The molecule has 25 heavy (non-hydrogen) atoms. The fourth-order valence-electron chi connectivity index (χ4n) is 2.40. The highest BCUT2D eigenvalue weighted by molar-refractivity contribution is 9.10. The van der Waals surface area contributed by atoms with E-state index in [2.05, 4.69) is 20.9 Å². The topological polar surface area (TPSA) is 38.7 Å². The van der Waals surface area contributed by atoms with E-state index in [1.165, 1.54) is 23.5 Å². The Labute approximate surface area is 159 Å². The molecule has 3 aromatic rings.